The summed E-state index contributed by atoms with van der Waals surface area (Å²) in [4.78, 5) is 13.1. The molecule has 2 aromatic carbocycles. The van der Waals surface area contributed by atoms with Gasteiger partial charge in [0.05, 0.1) is 23.2 Å². The second kappa shape index (κ2) is 10.2. The summed E-state index contributed by atoms with van der Waals surface area (Å²) in [5, 5.41) is 2.81. The van der Waals surface area contributed by atoms with Gasteiger partial charge in [0.2, 0.25) is 10.0 Å². The van der Waals surface area contributed by atoms with E-state index in [-0.39, 0.29) is 16.6 Å². The first kappa shape index (κ1) is 23.1. The SMILES string of the molecule is CCOc1ccc(S(=O)(=O)N2CCCCC2)cc1C(=O)Nc1ccc(OC(C)C)cc1. The maximum atomic E-state index is 13.1. The molecule has 1 N–H and O–H groups in total. The lowest BCUT2D eigenvalue weighted by atomic mass is 10.1. The molecule has 1 fully saturated rings. The molecule has 1 heterocycles. The van der Waals surface area contributed by atoms with E-state index in [0.29, 0.717) is 36.9 Å². The molecular formula is C23H30N2O5S. The standard InChI is InChI=1S/C23H30N2O5S/c1-4-29-22-13-12-20(31(27,28)25-14-6-5-7-15-25)16-21(22)23(26)24-18-8-10-19(11-9-18)30-17(2)3/h8-13,16-17H,4-7,14-15H2,1-3H3,(H,24,26). The number of anilines is 1. The Balaban J connectivity index is 1.85. The molecule has 3 rings (SSSR count). The van der Waals surface area contributed by atoms with E-state index in [0.717, 1.165) is 19.3 Å². The molecule has 31 heavy (non-hydrogen) atoms. The summed E-state index contributed by atoms with van der Waals surface area (Å²) in [6, 6.07) is 11.5. The average Bonchev–Trinajstić information content (AvgIpc) is 2.75. The van der Waals surface area contributed by atoms with Crippen LogP contribution in [0.15, 0.2) is 47.4 Å². The van der Waals surface area contributed by atoms with Crippen molar-refractivity contribution in [2.45, 2.75) is 51.0 Å². The first-order valence-corrected chi connectivity index (χ1v) is 12.1. The van der Waals surface area contributed by atoms with E-state index < -0.39 is 15.9 Å². The Labute approximate surface area is 184 Å². The Hall–Kier alpha value is -2.58. The molecule has 0 bridgehead atoms. The van der Waals surface area contributed by atoms with Crippen LogP contribution in [0.3, 0.4) is 0 Å². The van der Waals surface area contributed by atoms with Gasteiger partial charge in [-0.15, -0.1) is 0 Å². The van der Waals surface area contributed by atoms with Gasteiger partial charge < -0.3 is 14.8 Å². The minimum Gasteiger partial charge on any atom is -0.493 e. The molecule has 0 aliphatic carbocycles. The highest BCUT2D eigenvalue weighted by molar-refractivity contribution is 7.89. The van der Waals surface area contributed by atoms with Gasteiger partial charge in [0.25, 0.3) is 5.91 Å². The van der Waals surface area contributed by atoms with E-state index in [1.54, 1.807) is 30.3 Å². The van der Waals surface area contributed by atoms with E-state index in [1.807, 2.05) is 20.8 Å². The average molecular weight is 447 g/mol. The fraction of sp³-hybridized carbons (Fsp3) is 0.435. The number of benzene rings is 2. The molecule has 0 spiro atoms. The lowest BCUT2D eigenvalue weighted by Gasteiger charge is -2.26. The molecule has 1 amide bonds. The molecular weight excluding hydrogens is 416 g/mol. The monoisotopic (exact) mass is 446 g/mol. The van der Waals surface area contributed by atoms with Crippen LogP contribution in [0.4, 0.5) is 5.69 Å². The molecule has 7 nitrogen and oxygen atoms in total. The van der Waals surface area contributed by atoms with E-state index in [1.165, 1.54) is 16.4 Å². The number of carbonyl (C=O) groups excluding carboxylic acids is 1. The molecule has 1 aliphatic heterocycles. The summed E-state index contributed by atoms with van der Waals surface area (Å²) in [6.07, 6.45) is 2.78. The van der Waals surface area contributed by atoms with Crippen LogP contribution >= 0.6 is 0 Å². The van der Waals surface area contributed by atoms with Gasteiger partial charge >= 0.3 is 0 Å². The summed E-state index contributed by atoms with van der Waals surface area (Å²) in [5.41, 5.74) is 0.760. The van der Waals surface area contributed by atoms with Gasteiger partial charge in [0.1, 0.15) is 11.5 Å². The number of ether oxygens (including phenoxy) is 2. The van der Waals surface area contributed by atoms with Crippen LogP contribution in [0.1, 0.15) is 50.4 Å². The third-order valence-corrected chi connectivity index (χ3v) is 6.83. The van der Waals surface area contributed by atoms with Crippen molar-refractivity contribution in [2.75, 3.05) is 25.0 Å². The van der Waals surface area contributed by atoms with Gasteiger partial charge in [-0.1, -0.05) is 6.42 Å². The van der Waals surface area contributed by atoms with Crippen molar-refractivity contribution in [3.63, 3.8) is 0 Å². The summed E-state index contributed by atoms with van der Waals surface area (Å²) in [6.45, 7) is 7.06. The van der Waals surface area contributed by atoms with E-state index in [4.69, 9.17) is 9.47 Å². The van der Waals surface area contributed by atoms with Crippen molar-refractivity contribution in [3.05, 3.63) is 48.0 Å². The Morgan fingerprint density at radius 2 is 1.74 bits per heavy atom. The van der Waals surface area contributed by atoms with Gasteiger partial charge in [-0.05, 0) is 76.1 Å². The van der Waals surface area contributed by atoms with Gasteiger partial charge in [0.15, 0.2) is 0 Å². The Bertz CT molecular complexity index is 997. The molecule has 0 aromatic heterocycles. The predicted molar refractivity (Wildman–Crippen MR) is 120 cm³/mol. The smallest absolute Gasteiger partial charge is 0.259 e. The second-order valence-electron chi connectivity index (χ2n) is 7.70. The Kier molecular flexibility index (Phi) is 7.56. The first-order chi connectivity index (χ1) is 14.8. The number of carbonyl (C=O) groups is 1. The summed E-state index contributed by atoms with van der Waals surface area (Å²) in [5.74, 6) is 0.617. The van der Waals surface area contributed by atoms with Crippen LogP contribution in [0, 0.1) is 0 Å². The zero-order chi connectivity index (χ0) is 22.4. The molecule has 0 radical (unpaired) electrons. The second-order valence-corrected chi connectivity index (χ2v) is 9.64. The van der Waals surface area contributed by atoms with Crippen molar-refractivity contribution in [3.8, 4) is 11.5 Å². The minimum absolute atomic E-state index is 0.0544. The van der Waals surface area contributed by atoms with Crippen LogP contribution in [-0.2, 0) is 10.0 Å². The predicted octanol–water partition coefficient (Wildman–Crippen LogP) is 4.30. The summed E-state index contributed by atoms with van der Waals surface area (Å²) < 4.78 is 38.8. The zero-order valence-electron chi connectivity index (χ0n) is 18.3. The van der Waals surface area contributed by atoms with Crippen LogP contribution in [-0.4, -0.2) is 44.4 Å². The lowest BCUT2D eigenvalue weighted by molar-refractivity contribution is 0.102. The zero-order valence-corrected chi connectivity index (χ0v) is 19.1. The van der Waals surface area contributed by atoms with Gasteiger partial charge in [-0.25, -0.2) is 8.42 Å². The van der Waals surface area contributed by atoms with Gasteiger partial charge in [0, 0.05) is 18.8 Å². The fourth-order valence-electron chi connectivity index (χ4n) is 3.47. The molecule has 8 heteroatoms. The van der Waals surface area contributed by atoms with Crippen LogP contribution in [0.5, 0.6) is 11.5 Å². The minimum atomic E-state index is -3.66. The van der Waals surface area contributed by atoms with Crippen LogP contribution in [0.2, 0.25) is 0 Å². The third-order valence-electron chi connectivity index (χ3n) is 4.93. The van der Waals surface area contributed by atoms with Crippen molar-refractivity contribution >= 4 is 21.6 Å². The maximum absolute atomic E-state index is 13.1. The molecule has 0 saturated carbocycles. The highest BCUT2D eigenvalue weighted by Gasteiger charge is 2.27. The quantitative estimate of drug-likeness (QED) is 0.654. The highest BCUT2D eigenvalue weighted by atomic mass is 32.2. The van der Waals surface area contributed by atoms with Crippen LogP contribution in [0.25, 0.3) is 0 Å². The Morgan fingerprint density at radius 3 is 2.35 bits per heavy atom. The van der Waals surface area contributed by atoms with E-state index >= 15 is 0 Å². The summed E-state index contributed by atoms with van der Waals surface area (Å²) in [7, 11) is -3.66. The third kappa shape index (κ3) is 5.77. The number of rotatable bonds is 8. The number of hydrogen-bond acceptors (Lipinski definition) is 5. The lowest BCUT2D eigenvalue weighted by Crippen LogP contribution is -2.35. The normalized spacial score (nSPS) is 15.0. The van der Waals surface area contributed by atoms with Gasteiger partial charge in [-0.3, -0.25) is 4.79 Å². The number of sulfonamides is 1. The number of amides is 1. The van der Waals surface area contributed by atoms with E-state index in [2.05, 4.69) is 5.32 Å². The van der Waals surface area contributed by atoms with Crippen molar-refractivity contribution < 1.29 is 22.7 Å². The molecule has 0 unspecified atom stereocenters. The molecule has 1 saturated heterocycles. The fourth-order valence-corrected chi connectivity index (χ4v) is 5.01. The summed E-state index contributed by atoms with van der Waals surface area (Å²) >= 11 is 0. The van der Waals surface area contributed by atoms with E-state index in [9.17, 15) is 13.2 Å². The number of piperidine rings is 1. The van der Waals surface area contributed by atoms with Crippen molar-refractivity contribution in [1.29, 1.82) is 0 Å². The first-order valence-electron chi connectivity index (χ1n) is 10.7. The Morgan fingerprint density at radius 1 is 1.06 bits per heavy atom. The molecule has 0 atom stereocenters. The highest BCUT2D eigenvalue weighted by Crippen LogP contribution is 2.27. The number of nitrogens with zero attached hydrogens (tertiary/aromatic N) is 1. The topological polar surface area (TPSA) is 84.9 Å². The van der Waals surface area contributed by atoms with Crippen molar-refractivity contribution in [2.24, 2.45) is 0 Å². The number of hydrogen-bond donors (Lipinski definition) is 1. The number of nitrogens with one attached hydrogen (secondary N) is 1. The van der Waals surface area contributed by atoms with Crippen molar-refractivity contribution in [1.82, 2.24) is 4.31 Å². The maximum Gasteiger partial charge on any atom is 0.259 e. The molecule has 2 aromatic rings. The largest absolute Gasteiger partial charge is 0.493 e. The van der Waals surface area contributed by atoms with Gasteiger partial charge in [-0.2, -0.15) is 4.31 Å². The molecule has 1 aliphatic rings. The van der Waals surface area contributed by atoms with Crippen LogP contribution < -0.4 is 14.8 Å². The molecule has 168 valence electrons.